The van der Waals surface area contributed by atoms with Crippen molar-refractivity contribution in [2.75, 3.05) is 32.8 Å². The molecule has 0 aromatic rings. The van der Waals surface area contributed by atoms with Crippen LogP contribution < -0.4 is 5.32 Å². The van der Waals surface area contributed by atoms with Gasteiger partial charge in [0.2, 0.25) is 5.91 Å². The van der Waals surface area contributed by atoms with Gasteiger partial charge in [-0.15, -0.1) is 0 Å². The van der Waals surface area contributed by atoms with Crippen LogP contribution in [-0.4, -0.2) is 54.6 Å². The number of amides is 1. The summed E-state index contributed by atoms with van der Waals surface area (Å²) in [6.45, 7) is 2.95. The molecular formula is C15H24F2N2O2. The largest absolute Gasteiger partial charge is 0.395 e. The molecule has 21 heavy (non-hydrogen) atoms. The van der Waals surface area contributed by atoms with Gasteiger partial charge >= 0.3 is 0 Å². The van der Waals surface area contributed by atoms with Gasteiger partial charge in [0.1, 0.15) is 0 Å². The minimum Gasteiger partial charge on any atom is -0.395 e. The Morgan fingerprint density at radius 3 is 2.43 bits per heavy atom. The Labute approximate surface area is 123 Å². The van der Waals surface area contributed by atoms with E-state index in [0.29, 0.717) is 25.3 Å². The number of halogens is 2. The van der Waals surface area contributed by atoms with Gasteiger partial charge < -0.3 is 15.3 Å². The van der Waals surface area contributed by atoms with E-state index in [-0.39, 0.29) is 30.3 Å². The minimum absolute atomic E-state index is 0.0285. The molecule has 0 aromatic heterocycles. The number of hydrogen-bond acceptors (Lipinski definition) is 3. The van der Waals surface area contributed by atoms with Gasteiger partial charge in [0, 0.05) is 30.8 Å². The molecule has 0 radical (unpaired) electrons. The molecule has 3 rings (SSSR count). The van der Waals surface area contributed by atoms with E-state index in [1.807, 2.05) is 0 Å². The average molecular weight is 302 g/mol. The molecule has 2 saturated carbocycles. The lowest BCUT2D eigenvalue weighted by Crippen LogP contribution is -2.42. The van der Waals surface area contributed by atoms with Gasteiger partial charge in [-0.3, -0.25) is 4.79 Å². The standard InChI is InChI=1S/C15H24F2N2O2/c16-15(17)12-7-10(8-13(12)15)9-19-4-1-11(2-5-19)14(21)18-3-6-20/h10-13,20H,1-9H2,(H,18,21). The van der Waals surface area contributed by atoms with Gasteiger partial charge in [-0.2, -0.15) is 0 Å². The van der Waals surface area contributed by atoms with Crippen LogP contribution in [0.3, 0.4) is 0 Å². The first-order valence-corrected chi connectivity index (χ1v) is 8.01. The van der Waals surface area contributed by atoms with E-state index in [0.717, 1.165) is 32.5 Å². The highest BCUT2D eigenvalue weighted by atomic mass is 19.3. The molecule has 1 amide bonds. The van der Waals surface area contributed by atoms with Crippen LogP contribution in [-0.2, 0) is 4.79 Å². The number of alkyl halides is 2. The van der Waals surface area contributed by atoms with E-state index in [2.05, 4.69) is 10.2 Å². The summed E-state index contributed by atoms with van der Waals surface area (Å²) >= 11 is 0. The van der Waals surface area contributed by atoms with Crippen LogP contribution in [0.5, 0.6) is 0 Å². The van der Waals surface area contributed by atoms with Crippen molar-refractivity contribution in [3.8, 4) is 0 Å². The lowest BCUT2D eigenvalue weighted by Gasteiger charge is -2.33. The van der Waals surface area contributed by atoms with Gasteiger partial charge in [-0.1, -0.05) is 0 Å². The molecule has 1 saturated heterocycles. The number of nitrogens with one attached hydrogen (secondary N) is 1. The number of nitrogens with zero attached hydrogens (tertiary/aromatic N) is 1. The van der Waals surface area contributed by atoms with Gasteiger partial charge in [0.25, 0.3) is 5.92 Å². The highest BCUT2D eigenvalue weighted by Crippen LogP contribution is 2.65. The van der Waals surface area contributed by atoms with E-state index in [4.69, 9.17) is 5.11 Å². The maximum Gasteiger partial charge on any atom is 0.254 e. The maximum absolute atomic E-state index is 13.2. The number of rotatable bonds is 5. The third kappa shape index (κ3) is 3.06. The van der Waals surface area contributed by atoms with Gasteiger partial charge in [-0.25, -0.2) is 8.78 Å². The minimum atomic E-state index is -2.37. The van der Waals surface area contributed by atoms with Crippen molar-refractivity contribution in [3.63, 3.8) is 0 Å². The lowest BCUT2D eigenvalue weighted by atomic mass is 9.94. The molecule has 6 heteroatoms. The van der Waals surface area contributed by atoms with Crippen LogP contribution in [0.4, 0.5) is 8.78 Å². The Morgan fingerprint density at radius 2 is 1.86 bits per heavy atom. The third-order valence-corrected chi connectivity index (χ3v) is 5.43. The summed E-state index contributed by atoms with van der Waals surface area (Å²) in [5, 5.41) is 11.4. The van der Waals surface area contributed by atoms with Crippen LogP contribution in [0.15, 0.2) is 0 Å². The number of carbonyl (C=O) groups excluding carboxylic acids is 1. The number of likely N-dealkylation sites (tertiary alicyclic amines) is 1. The Balaban J connectivity index is 1.36. The first-order valence-electron chi connectivity index (χ1n) is 8.01. The van der Waals surface area contributed by atoms with Crippen molar-refractivity contribution in [2.45, 2.75) is 31.6 Å². The molecule has 1 heterocycles. The van der Waals surface area contributed by atoms with E-state index in [9.17, 15) is 13.6 Å². The van der Waals surface area contributed by atoms with Crippen molar-refractivity contribution >= 4 is 5.91 Å². The topological polar surface area (TPSA) is 52.6 Å². The van der Waals surface area contributed by atoms with Gasteiger partial charge in [-0.05, 0) is 44.7 Å². The summed E-state index contributed by atoms with van der Waals surface area (Å²) in [4.78, 5) is 14.1. The normalized spacial score (nSPS) is 35.5. The zero-order valence-electron chi connectivity index (χ0n) is 12.2. The summed E-state index contributed by atoms with van der Waals surface area (Å²) in [6.07, 6.45) is 3.00. The predicted octanol–water partition coefficient (Wildman–Crippen LogP) is 1.10. The van der Waals surface area contributed by atoms with Crippen molar-refractivity contribution in [1.82, 2.24) is 10.2 Å². The van der Waals surface area contributed by atoms with Gasteiger partial charge in [0.05, 0.1) is 6.61 Å². The second kappa shape index (κ2) is 5.80. The molecule has 4 nitrogen and oxygen atoms in total. The Morgan fingerprint density at radius 1 is 1.24 bits per heavy atom. The average Bonchev–Trinajstić information content (AvgIpc) is 2.82. The molecule has 0 bridgehead atoms. The second-order valence-electron chi connectivity index (χ2n) is 6.81. The molecule has 3 fully saturated rings. The number of piperidine rings is 1. The summed E-state index contributed by atoms with van der Waals surface area (Å²) in [5.41, 5.74) is 0. The molecule has 2 aliphatic carbocycles. The quantitative estimate of drug-likeness (QED) is 0.799. The molecule has 0 aromatic carbocycles. The second-order valence-corrected chi connectivity index (χ2v) is 6.81. The smallest absolute Gasteiger partial charge is 0.254 e. The fourth-order valence-electron chi connectivity index (χ4n) is 4.13. The number of carbonyl (C=O) groups is 1. The monoisotopic (exact) mass is 302 g/mol. The van der Waals surface area contributed by atoms with Crippen molar-refractivity contribution in [3.05, 3.63) is 0 Å². The van der Waals surface area contributed by atoms with Crippen LogP contribution in [0.25, 0.3) is 0 Å². The van der Waals surface area contributed by atoms with E-state index >= 15 is 0 Å². The fourth-order valence-corrected chi connectivity index (χ4v) is 4.13. The van der Waals surface area contributed by atoms with E-state index in [1.165, 1.54) is 0 Å². The number of hydrogen-bond donors (Lipinski definition) is 2. The number of aliphatic hydroxyl groups is 1. The first-order chi connectivity index (χ1) is 10.0. The van der Waals surface area contributed by atoms with Crippen LogP contribution in [0, 0.1) is 23.7 Å². The third-order valence-electron chi connectivity index (χ3n) is 5.43. The maximum atomic E-state index is 13.2. The molecule has 120 valence electrons. The highest BCUT2D eigenvalue weighted by Gasteiger charge is 2.71. The summed E-state index contributed by atoms with van der Waals surface area (Å²) < 4.78 is 26.3. The molecule has 2 atom stereocenters. The van der Waals surface area contributed by atoms with Gasteiger partial charge in [0.15, 0.2) is 0 Å². The zero-order valence-corrected chi connectivity index (χ0v) is 12.2. The van der Waals surface area contributed by atoms with Crippen molar-refractivity contribution < 1.29 is 18.7 Å². The van der Waals surface area contributed by atoms with Crippen LogP contribution >= 0.6 is 0 Å². The first kappa shape index (κ1) is 15.2. The molecular weight excluding hydrogens is 278 g/mol. The van der Waals surface area contributed by atoms with Crippen LogP contribution in [0.2, 0.25) is 0 Å². The molecule has 0 spiro atoms. The zero-order chi connectivity index (χ0) is 15.0. The number of aliphatic hydroxyl groups excluding tert-OH is 1. The van der Waals surface area contributed by atoms with Crippen molar-refractivity contribution in [2.24, 2.45) is 23.7 Å². The highest BCUT2D eigenvalue weighted by molar-refractivity contribution is 5.78. The predicted molar refractivity (Wildman–Crippen MR) is 73.9 cm³/mol. The van der Waals surface area contributed by atoms with E-state index < -0.39 is 5.92 Å². The summed E-state index contributed by atoms with van der Waals surface area (Å²) in [7, 11) is 0. The Hall–Kier alpha value is -0.750. The van der Waals surface area contributed by atoms with Crippen molar-refractivity contribution in [1.29, 1.82) is 0 Å². The Bertz CT molecular complexity index is 383. The Kier molecular flexibility index (Phi) is 4.19. The molecule has 3 aliphatic rings. The fraction of sp³-hybridized carbons (Fsp3) is 0.933. The molecule has 2 N–H and O–H groups in total. The van der Waals surface area contributed by atoms with E-state index in [1.54, 1.807) is 0 Å². The molecule has 1 aliphatic heterocycles. The lowest BCUT2D eigenvalue weighted by molar-refractivity contribution is -0.126. The molecule has 2 unspecified atom stereocenters. The summed E-state index contributed by atoms with van der Waals surface area (Å²) in [5.74, 6) is -2.57. The van der Waals surface area contributed by atoms with Crippen LogP contribution in [0.1, 0.15) is 25.7 Å². The SMILES string of the molecule is O=C(NCCO)C1CCN(CC2CC3C(C2)C3(F)F)CC1. The number of fused-ring (bicyclic) bond motifs is 1. The summed E-state index contributed by atoms with van der Waals surface area (Å²) in [6, 6.07) is 0.